The highest BCUT2D eigenvalue weighted by atomic mass is 16.2. The van der Waals surface area contributed by atoms with Gasteiger partial charge in [0.1, 0.15) is 0 Å². The molecule has 1 aliphatic rings. The molecule has 131 valence electrons. The average Bonchev–Trinajstić information content (AvgIpc) is 3.02. The number of carbonyl (C=O) groups excluding carboxylic acids is 2. The van der Waals surface area contributed by atoms with E-state index in [2.05, 4.69) is 10.2 Å². The molecule has 0 bridgehead atoms. The molecule has 2 heterocycles. The summed E-state index contributed by atoms with van der Waals surface area (Å²) in [7, 11) is 0. The fraction of sp³-hybridized carbons (Fsp3) is 0.200. The number of amides is 2. The number of primary amides is 1. The summed E-state index contributed by atoms with van der Waals surface area (Å²) >= 11 is 0. The maximum Gasteiger partial charge on any atom is 0.269 e. The van der Waals surface area contributed by atoms with Crippen molar-refractivity contribution in [3.8, 4) is 0 Å². The van der Waals surface area contributed by atoms with Crippen LogP contribution in [0.15, 0.2) is 42.5 Å². The first-order valence-corrected chi connectivity index (χ1v) is 8.53. The van der Waals surface area contributed by atoms with Crippen molar-refractivity contribution in [3.05, 3.63) is 71.3 Å². The van der Waals surface area contributed by atoms with Crippen molar-refractivity contribution in [1.29, 1.82) is 0 Å². The van der Waals surface area contributed by atoms with Gasteiger partial charge in [-0.1, -0.05) is 36.4 Å². The zero-order valence-corrected chi connectivity index (χ0v) is 14.4. The lowest BCUT2D eigenvalue weighted by molar-refractivity contribution is -0.130. The third kappa shape index (κ3) is 2.63. The molecule has 1 radical (unpaired) electrons. The Balaban J connectivity index is 1.82. The van der Waals surface area contributed by atoms with Crippen molar-refractivity contribution in [2.75, 3.05) is 0 Å². The Morgan fingerprint density at radius 1 is 1.23 bits per heavy atom. The summed E-state index contributed by atoms with van der Waals surface area (Å²) < 4.78 is 0. The first-order valence-electron chi connectivity index (χ1n) is 8.53. The van der Waals surface area contributed by atoms with Crippen LogP contribution in [0.3, 0.4) is 0 Å². The number of rotatable bonds is 3. The van der Waals surface area contributed by atoms with Crippen molar-refractivity contribution < 1.29 is 9.59 Å². The molecule has 0 unspecified atom stereocenters. The Morgan fingerprint density at radius 2 is 2.00 bits per heavy atom. The Kier molecular flexibility index (Phi) is 3.95. The van der Waals surface area contributed by atoms with Gasteiger partial charge in [-0.25, -0.2) is 0 Å². The second-order valence-electron chi connectivity index (χ2n) is 6.52. The van der Waals surface area contributed by atoms with Gasteiger partial charge >= 0.3 is 0 Å². The molecule has 0 saturated carbocycles. The minimum absolute atomic E-state index is 0.0187. The molecule has 2 aromatic carbocycles. The number of hydrogen-bond donors (Lipinski definition) is 2. The lowest BCUT2D eigenvalue weighted by atomic mass is 9.98. The third-order valence-corrected chi connectivity index (χ3v) is 5.03. The van der Waals surface area contributed by atoms with Gasteiger partial charge in [0.05, 0.1) is 18.0 Å². The van der Waals surface area contributed by atoms with Crippen molar-refractivity contribution in [3.63, 3.8) is 0 Å². The largest absolute Gasteiger partial charge is 0.364 e. The molecule has 1 aromatic heterocycles. The summed E-state index contributed by atoms with van der Waals surface area (Å²) in [6.45, 7) is 2.41. The number of hydrogen-bond acceptors (Lipinski definition) is 3. The van der Waals surface area contributed by atoms with Gasteiger partial charge in [-0.15, -0.1) is 0 Å². The van der Waals surface area contributed by atoms with E-state index in [4.69, 9.17) is 5.73 Å². The molecule has 6 heteroatoms. The average molecular weight is 347 g/mol. The summed E-state index contributed by atoms with van der Waals surface area (Å²) in [6, 6.07) is 13.7. The summed E-state index contributed by atoms with van der Waals surface area (Å²) in [4.78, 5) is 26.4. The molecule has 3 aromatic rings. The van der Waals surface area contributed by atoms with Gasteiger partial charge in [0, 0.05) is 11.9 Å². The van der Waals surface area contributed by atoms with Gasteiger partial charge < -0.3 is 10.6 Å². The third-order valence-electron chi connectivity index (χ3n) is 5.03. The molecule has 0 saturated heterocycles. The van der Waals surface area contributed by atoms with Crippen LogP contribution < -0.4 is 5.73 Å². The Labute approximate surface area is 151 Å². The minimum Gasteiger partial charge on any atom is -0.364 e. The summed E-state index contributed by atoms with van der Waals surface area (Å²) in [5, 5.41) is 7.64. The summed E-state index contributed by atoms with van der Waals surface area (Å²) in [5.74, 6) is -0.596. The lowest BCUT2D eigenvalue weighted by Crippen LogP contribution is -2.32. The number of nitrogens with two attached hydrogens (primary N) is 1. The zero-order valence-electron chi connectivity index (χ0n) is 14.4. The fourth-order valence-electron chi connectivity index (χ4n) is 3.58. The van der Waals surface area contributed by atoms with E-state index in [1.54, 1.807) is 6.42 Å². The Morgan fingerprint density at radius 3 is 2.73 bits per heavy atom. The number of aromatic nitrogens is 2. The van der Waals surface area contributed by atoms with Crippen molar-refractivity contribution in [2.24, 2.45) is 5.73 Å². The molecule has 0 aliphatic carbocycles. The lowest BCUT2D eigenvalue weighted by Gasteiger charge is -2.29. The second kappa shape index (κ2) is 6.29. The van der Waals surface area contributed by atoms with E-state index < -0.39 is 5.91 Å². The number of nitrogens with one attached hydrogen (secondary N) is 1. The summed E-state index contributed by atoms with van der Waals surface area (Å²) in [6.07, 6.45) is 2.21. The quantitative estimate of drug-likeness (QED) is 0.762. The highest BCUT2D eigenvalue weighted by Gasteiger charge is 2.28. The van der Waals surface area contributed by atoms with Gasteiger partial charge in [-0.3, -0.25) is 14.7 Å². The van der Waals surface area contributed by atoms with Crippen LogP contribution >= 0.6 is 0 Å². The first-order chi connectivity index (χ1) is 12.6. The number of aromatic amines is 1. The van der Waals surface area contributed by atoms with E-state index in [0.29, 0.717) is 18.4 Å². The number of fused-ring (bicyclic) bond motifs is 3. The topological polar surface area (TPSA) is 92.1 Å². The van der Waals surface area contributed by atoms with Gasteiger partial charge in [0.25, 0.3) is 5.91 Å². The normalized spacial score (nSPS) is 15.6. The van der Waals surface area contributed by atoms with Crippen LogP contribution in [0.5, 0.6) is 0 Å². The molecule has 4 rings (SSSR count). The standard InChI is InChI=1S/C20H19N4O2/c1-12(13-5-3-2-4-6-13)24-11-15-14(8-10-17(24)25)7-9-16-18(15)19(20(21)26)23-22-16/h2-7,9-10,12H,8,11H2,1H3,(H2,21,26)(H,22,23)/t12-/m0/s1. The highest BCUT2D eigenvalue weighted by Crippen LogP contribution is 2.32. The van der Waals surface area contributed by atoms with Gasteiger partial charge in [-0.2, -0.15) is 5.10 Å². The van der Waals surface area contributed by atoms with Gasteiger partial charge in [0.15, 0.2) is 5.69 Å². The van der Waals surface area contributed by atoms with Crippen molar-refractivity contribution in [2.45, 2.75) is 25.9 Å². The number of benzene rings is 2. The van der Waals surface area contributed by atoms with Crippen LogP contribution in [0.1, 0.15) is 40.1 Å². The van der Waals surface area contributed by atoms with E-state index >= 15 is 0 Å². The second-order valence-corrected chi connectivity index (χ2v) is 6.52. The molecule has 0 spiro atoms. The summed E-state index contributed by atoms with van der Waals surface area (Å²) in [5.41, 5.74) is 9.47. The predicted molar refractivity (Wildman–Crippen MR) is 98.0 cm³/mol. The maximum atomic E-state index is 12.7. The van der Waals surface area contributed by atoms with Crippen LogP contribution in [0.25, 0.3) is 10.9 Å². The molecule has 0 fully saturated rings. The molecule has 3 N–H and O–H groups in total. The number of H-pyrrole nitrogens is 1. The first kappa shape index (κ1) is 16.3. The van der Waals surface area contributed by atoms with Crippen LogP contribution in [0, 0.1) is 6.42 Å². The van der Waals surface area contributed by atoms with Crippen LogP contribution in [-0.2, 0) is 17.8 Å². The molecule has 26 heavy (non-hydrogen) atoms. The van der Waals surface area contributed by atoms with Crippen molar-refractivity contribution >= 4 is 22.7 Å². The SMILES string of the molecule is C[C@@H](c1ccccc1)N1Cc2c(ccc3[nH]nc(C(N)=O)c23)C[CH]C1=O. The molecular formula is C20H19N4O2. The maximum absolute atomic E-state index is 12.7. The van der Waals surface area contributed by atoms with Crippen molar-refractivity contribution in [1.82, 2.24) is 15.1 Å². The molecule has 1 aliphatic heterocycles. The molecular weight excluding hydrogens is 328 g/mol. The van der Waals surface area contributed by atoms with E-state index in [0.717, 1.165) is 22.2 Å². The monoisotopic (exact) mass is 347 g/mol. The molecule has 6 nitrogen and oxygen atoms in total. The number of carbonyl (C=O) groups is 2. The highest BCUT2D eigenvalue weighted by molar-refractivity contribution is 6.05. The Bertz CT molecular complexity index is 994. The predicted octanol–water partition coefficient (Wildman–Crippen LogP) is 2.51. The molecule has 2 amide bonds. The Hall–Kier alpha value is -3.15. The van der Waals surface area contributed by atoms with Gasteiger partial charge in [-0.05, 0) is 36.1 Å². The van der Waals surface area contributed by atoms with E-state index in [1.807, 2.05) is 54.3 Å². The van der Waals surface area contributed by atoms with Crippen LogP contribution in [0.4, 0.5) is 0 Å². The van der Waals surface area contributed by atoms with Crippen LogP contribution in [-0.4, -0.2) is 26.9 Å². The smallest absolute Gasteiger partial charge is 0.269 e. The van der Waals surface area contributed by atoms with E-state index in [9.17, 15) is 9.59 Å². The van der Waals surface area contributed by atoms with Crippen LogP contribution in [0.2, 0.25) is 0 Å². The molecule has 1 atom stereocenters. The van der Waals surface area contributed by atoms with E-state index in [1.165, 1.54) is 0 Å². The minimum atomic E-state index is -0.577. The number of nitrogens with zero attached hydrogens (tertiary/aromatic N) is 2. The zero-order chi connectivity index (χ0) is 18.3. The van der Waals surface area contributed by atoms with E-state index in [-0.39, 0.29) is 17.6 Å². The fourth-order valence-corrected chi connectivity index (χ4v) is 3.58. The van der Waals surface area contributed by atoms with Gasteiger partial charge in [0.2, 0.25) is 5.91 Å².